The maximum atomic E-state index is 12.4. The molecular weight excluding hydrogens is 386 g/mol. The summed E-state index contributed by atoms with van der Waals surface area (Å²) in [6, 6.07) is 14.7. The molecule has 0 atom stereocenters. The molecule has 0 aliphatic carbocycles. The van der Waals surface area contributed by atoms with Crippen molar-refractivity contribution < 1.29 is 4.79 Å². The molecule has 2 aromatic heterocycles. The van der Waals surface area contributed by atoms with Gasteiger partial charge in [-0.25, -0.2) is 0 Å². The number of nitrogens with zero attached hydrogens (tertiary/aromatic N) is 2. The first-order chi connectivity index (χ1) is 13.8. The molecule has 1 aliphatic heterocycles. The number of amides is 1. The minimum absolute atomic E-state index is 0.0233. The number of thiophene rings is 1. The third kappa shape index (κ3) is 4.94. The molecule has 0 spiro atoms. The normalized spacial score (nSPS) is 15.1. The number of rotatable bonds is 6. The molecule has 1 saturated heterocycles. The molecule has 6 heteroatoms. The van der Waals surface area contributed by atoms with E-state index in [0.717, 1.165) is 40.5 Å². The first-order valence-corrected chi connectivity index (χ1v) is 11.5. The lowest BCUT2D eigenvalue weighted by atomic mass is 10.1. The molecule has 0 bridgehead atoms. The van der Waals surface area contributed by atoms with Crippen molar-refractivity contribution in [3.63, 3.8) is 0 Å². The average molecular weight is 410 g/mol. The highest BCUT2D eigenvalue weighted by Gasteiger charge is 2.15. The fourth-order valence-electron chi connectivity index (χ4n) is 3.27. The highest BCUT2D eigenvalue weighted by Crippen LogP contribution is 2.28. The lowest BCUT2D eigenvalue weighted by Gasteiger charge is -2.21. The van der Waals surface area contributed by atoms with Crippen LogP contribution in [-0.4, -0.2) is 33.2 Å². The number of nitrogens with one attached hydrogen (secondary N) is 1. The van der Waals surface area contributed by atoms with Crippen LogP contribution in [0, 0.1) is 0 Å². The third-order valence-corrected chi connectivity index (χ3v) is 6.64. The molecule has 0 radical (unpaired) electrons. The molecule has 1 aliphatic rings. The molecule has 1 aromatic carbocycles. The monoisotopic (exact) mass is 409 g/mol. The zero-order valence-corrected chi connectivity index (χ0v) is 17.2. The third-order valence-electron chi connectivity index (χ3n) is 4.71. The molecule has 0 saturated carbocycles. The Morgan fingerprint density at radius 1 is 1.18 bits per heavy atom. The molecule has 4 nitrogen and oxygen atoms in total. The van der Waals surface area contributed by atoms with Crippen molar-refractivity contribution in [1.82, 2.24) is 15.1 Å². The minimum atomic E-state index is -0.0233. The van der Waals surface area contributed by atoms with Crippen molar-refractivity contribution in [1.29, 1.82) is 0 Å². The van der Waals surface area contributed by atoms with Crippen LogP contribution in [0.1, 0.15) is 24.0 Å². The number of hydrogen-bond donors (Lipinski definition) is 1. The molecule has 28 heavy (non-hydrogen) atoms. The van der Waals surface area contributed by atoms with Gasteiger partial charge in [-0.1, -0.05) is 36.4 Å². The molecule has 3 heterocycles. The lowest BCUT2D eigenvalue weighted by Crippen LogP contribution is -2.36. The van der Waals surface area contributed by atoms with E-state index in [0.29, 0.717) is 12.6 Å². The van der Waals surface area contributed by atoms with E-state index in [1.807, 2.05) is 58.4 Å². The quantitative estimate of drug-likeness (QED) is 0.601. The summed E-state index contributed by atoms with van der Waals surface area (Å²) >= 11 is 3.62. The number of aromatic nitrogens is 2. The van der Waals surface area contributed by atoms with Crippen LogP contribution in [-0.2, 0) is 11.3 Å². The molecule has 1 N–H and O–H groups in total. The summed E-state index contributed by atoms with van der Waals surface area (Å²) in [5.41, 5.74) is 3.09. The maximum absolute atomic E-state index is 12.4. The second-order valence-electron chi connectivity index (χ2n) is 6.82. The summed E-state index contributed by atoms with van der Waals surface area (Å²) in [6.07, 6.45) is 7.65. The smallest absolute Gasteiger partial charge is 0.244 e. The number of carbonyl (C=O) groups is 1. The number of carbonyl (C=O) groups excluding carboxylic acids is 1. The highest BCUT2D eigenvalue weighted by atomic mass is 32.2. The van der Waals surface area contributed by atoms with Gasteiger partial charge in [-0.15, -0.1) is 11.3 Å². The zero-order chi connectivity index (χ0) is 19.2. The van der Waals surface area contributed by atoms with Crippen LogP contribution in [0.3, 0.4) is 0 Å². The molecule has 3 aromatic rings. The van der Waals surface area contributed by atoms with Crippen LogP contribution in [0.15, 0.2) is 60.1 Å². The van der Waals surface area contributed by atoms with Crippen molar-refractivity contribution in [3.05, 3.63) is 71.2 Å². The summed E-state index contributed by atoms with van der Waals surface area (Å²) in [7, 11) is 0. The highest BCUT2D eigenvalue weighted by molar-refractivity contribution is 7.99. The molecule has 144 valence electrons. The van der Waals surface area contributed by atoms with Gasteiger partial charge in [0.2, 0.25) is 5.91 Å². The number of benzene rings is 1. The SMILES string of the molecule is O=C(/C=C/c1cn(Cc2ccccc2)nc1-c1cccs1)NC1CCSCC1. The van der Waals surface area contributed by atoms with Crippen molar-refractivity contribution in [3.8, 4) is 10.6 Å². The van der Waals surface area contributed by atoms with Gasteiger partial charge >= 0.3 is 0 Å². The molecule has 1 fully saturated rings. The Labute approximate surface area is 173 Å². The van der Waals surface area contributed by atoms with Crippen LogP contribution in [0.25, 0.3) is 16.6 Å². The molecule has 0 unspecified atom stereocenters. The second-order valence-corrected chi connectivity index (χ2v) is 8.99. The summed E-state index contributed by atoms with van der Waals surface area (Å²) in [5.74, 6) is 2.23. The Balaban J connectivity index is 1.52. The van der Waals surface area contributed by atoms with E-state index in [2.05, 4.69) is 23.5 Å². The van der Waals surface area contributed by atoms with Crippen molar-refractivity contribution in [2.45, 2.75) is 25.4 Å². The van der Waals surface area contributed by atoms with Crippen molar-refractivity contribution >= 4 is 35.1 Å². The number of thioether (sulfide) groups is 1. The van der Waals surface area contributed by atoms with Crippen molar-refractivity contribution in [2.75, 3.05) is 11.5 Å². The van der Waals surface area contributed by atoms with E-state index in [9.17, 15) is 4.79 Å². The summed E-state index contributed by atoms with van der Waals surface area (Å²) in [5, 5.41) is 9.96. The van der Waals surface area contributed by atoms with E-state index in [1.54, 1.807) is 17.4 Å². The first-order valence-electron chi connectivity index (χ1n) is 9.49. The predicted octanol–water partition coefficient (Wildman–Crippen LogP) is 4.68. The van der Waals surface area contributed by atoms with E-state index in [-0.39, 0.29) is 5.91 Å². The van der Waals surface area contributed by atoms with E-state index in [4.69, 9.17) is 5.10 Å². The van der Waals surface area contributed by atoms with Gasteiger partial charge in [0.1, 0.15) is 5.69 Å². The Morgan fingerprint density at radius 2 is 2.00 bits per heavy atom. The summed E-state index contributed by atoms with van der Waals surface area (Å²) < 4.78 is 1.94. The van der Waals surface area contributed by atoms with Crippen LogP contribution in [0.5, 0.6) is 0 Å². The lowest BCUT2D eigenvalue weighted by molar-refractivity contribution is -0.117. The molecule has 1 amide bonds. The molecule has 4 rings (SSSR count). The van der Waals surface area contributed by atoms with Gasteiger partial charge in [0.05, 0.1) is 11.4 Å². The topological polar surface area (TPSA) is 46.9 Å². The van der Waals surface area contributed by atoms with Crippen LogP contribution < -0.4 is 5.32 Å². The van der Waals surface area contributed by atoms with E-state index < -0.39 is 0 Å². The fraction of sp³-hybridized carbons (Fsp3) is 0.273. The maximum Gasteiger partial charge on any atom is 0.244 e. The average Bonchev–Trinajstić information content (AvgIpc) is 3.38. The van der Waals surface area contributed by atoms with Gasteiger partial charge in [0, 0.05) is 23.9 Å². The van der Waals surface area contributed by atoms with E-state index >= 15 is 0 Å². The Bertz CT molecular complexity index is 926. The predicted molar refractivity (Wildman–Crippen MR) is 119 cm³/mol. The minimum Gasteiger partial charge on any atom is -0.350 e. The summed E-state index contributed by atoms with van der Waals surface area (Å²) in [6.45, 7) is 0.707. The van der Waals surface area contributed by atoms with Gasteiger partial charge in [-0.05, 0) is 47.4 Å². The van der Waals surface area contributed by atoms with Gasteiger partial charge in [0.25, 0.3) is 0 Å². The Morgan fingerprint density at radius 3 is 2.75 bits per heavy atom. The first kappa shape index (κ1) is 19.0. The Hall–Kier alpha value is -2.31. The standard InChI is InChI=1S/C22H23N3OS2/c26-21(23-19-10-13-27-14-11-19)9-8-18-16-25(15-17-5-2-1-3-6-17)24-22(18)20-7-4-12-28-20/h1-9,12,16,19H,10-11,13-15H2,(H,23,26)/b9-8+. The van der Waals surface area contributed by atoms with E-state index in [1.165, 1.54) is 5.56 Å². The molecular formula is C22H23N3OS2. The van der Waals surface area contributed by atoms with Crippen molar-refractivity contribution in [2.24, 2.45) is 0 Å². The van der Waals surface area contributed by atoms with Crippen LogP contribution >= 0.6 is 23.1 Å². The summed E-state index contributed by atoms with van der Waals surface area (Å²) in [4.78, 5) is 13.5. The second kappa shape index (κ2) is 9.26. The Kier molecular flexibility index (Phi) is 6.29. The number of hydrogen-bond acceptors (Lipinski definition) is 4. The van der Waals surface area contributed by atoms with Gasteiger partial charge in [-0.2, -0.15) is 16.9 Å². The van der Waals surface area contributed by atoms with Gasteiger partial charge in [0.15, 0.2) is 0 Å². The van der Waals surface area contributed by atoms with Gasteiger partial charge < -0.3 is 5.32 Å². The van der Waals surface area contributed by atoms with Crippen LogP contribution in [0.2, 0.25) is 0 Å². The zero-order valence-electron chi connectivity index (χ0n) is 15.6. The largest absolute Gasteiger partial charge is 0.350 e. The van der Waals surface area contributed by atoms with Crippen LogP contribution in [0.4, 0.5) is 0 Å². The van der Waals surface area contributed by atoms with Gasteiger partial charge in [-0.3, -0.25) is 9.48 Å². The fourth-order valence-corrected chi connectivity index (χ4v) is 5.11.